The first-order valence-corrected chi connectivity index (χ1v) is 12.1. The van der Waals surface area contributed by atoms with E-state index in [1.54, 1.807) is 23.7 Å². The van der Waals surface area contributed by atoms with Crippen molar-refractivity contribution >= 4 is 55.7 Å². The molecule has 1 fully saturated rings. The maximum atomic E-state index is 13.4. The van der Waals surface area contributed by atoms with Crippen molar-refractivity contribution in [1.29, 1.82) is 0 Å². The van der Waals surface area contributed by atoms with E-state index in [2.05, 4.69) is 20.6 Å². The van der Waals surface area contributed by atoms with Gasteiger partial charge in [0.25, 0.3) is 5.91 Å². The van der Waals surface area contributed by atoms with Gasteiger partial charge in [-0.05, 0) is 62.1 Å². The summed E-state index contributed by atoms with van der Waals surface area (Å²) in [6.45, 7) is 0. The highest BCUT2D eigenvalue weighted by Gasteiger charge is 2.34. The van der Waals surface area contributed by atoms with Crippen LogP contribution in [-0.4, -0.2) is 28.0 Å². The Bertz CT molecular complexity index is 1370. The predicted octanol–water partition coefficient (Wildman–Crippen LogP) is 6.67. The topological polar surface area (TPSA) is 66.9 Å². The lowest BCUT2D eigenvalue weighted by Crippen LogP contribution is -2.41. The van der Waals surface area contributed by atoms with Crippen LogP contribution < -0.4 is 10.6 Å². The number of hydrogen-bond acceptors (Lipinski definition) is 5. The highest BCUT2D eigenvalue weighted by Crippen LogP contribution is 2.35. The molecule has 0 saturated heterocycles. The van der Waals surface area contributed by atoms with Crippen molar-refractivity contribution in [2.24, 2.45) is 0 Å². The average Bonchev–Trinajstić information content (AvgIpc) is 3.28. The van der Waals surface area contributed by atoms with E-state index in [0.717, 1.165) is 35.5 Å². The zero-order valence-electron chi connectivity index (χ0n) is 17.8. The third-order valence-electron chi connectivity index (χ3n) is 6.03. The average molecular weight is 505 g/mol. The number of benzene rings is 2. The number of pyridine rings is 1. The van der Waals surface area contributed by atoms with Gasteiger partial charge in [0, 0.05) is 28.2 Å². The fourth-order valence-electron chi connectivity index (χ4n) is 4.46. The summed E-state index contributed by atoms with van der Waals surface area (Å²) in [5.41, 5.74) is 2.68. The minimum atomic E-state index is -4.56. The predicted molar refractivity (Wildman–Crippen MR) is 129 cm³/mol. The van der Waals surface area contributed by atoms with Crippen LogP contribution in [0.2, 0.25) is 5.02 Å². The Labute approximate surface area is 202 Å². The number of rotatable bonds is 4. The summed E-state index contributed by atoms with van der Waals surface area (Å²) < 4.78 is 41.2. The molecule has 2 N–H and O–H groups in total. The smallest absolute Gasteiger partial charge is 0.382 e. The molecule has 0 bridgehead atoms. The van der Waals surface area contributed by atoms with Gasteiger partial charge in [-0.1, -0.05) is 17.7 Å². The molecule has 2 aromatic carbocycles. The van der Waals surface area contributed by atoms with Crippen LogP contribution in [-0.2, 0) is 6.18 Å². The number of amides is 1. The van der Waals surface area contributed by atoms with Gasteiger partial charge in [-0.25, -0.2) is 9.97 Å². The van der Waals surface area contributed by atoms with E-state index < -0.39 is 11.9 Å². The fourth-order valence-corrected chi connectivity index (χ4v) is 5.44. The number of thiazole rings is 1. The van der Waals surface area contributed by atoms with E-state index in [4.69, 9.17) is 11.6 Å². The molecule has 2 atom stereocenters. The summed E-state index contributed by atoms with van der Waals surface area (Å²) >= 11 is 7.53. The Morgan fingerprint density at radius 3 is 2.74 bits per heavy atom. The van der Waals surface area contributed by atoms with Crippen molar-refractivity contribution in [2.75, 3.05) is 5.32 Å². The molecule has 1 amide bonds. The minimum Gasteiger partial charge on any atom is -0.382 e. The molecule has 34 heavy (non-hydrogen) atoms. The molecule has 176 valence electrons. The van der Waals surface area contributed by atoms with Crippen LogP contribution in [0, 0.1) is 0 Å². The van der Waals surface area contributed by atoms with E-state index >= 15 is 0 Å². The lowest BCUT2D eigenvalue weighted by atomic mass is 9.90. The van der Waals surface area contributed by atoms with E-state index in [9.17, 15) is 18.0 Å². The van der Waals surface area contributed by atoms with Crippen LogP contribution >= 0.6 is 22.9 Å². The second kappa shape index (κ2) is 9.03. The van der Waals surface area contributed by atoms with Gasteiger partial charge < -0.3 is 10.6 Å². The van der Waals surface area contributed by atoms with Crippen LogP contribution in [0.25, 0.3) is 21.1 Å². The van der Waals surface area contributed by atoms with E-state index in [1.807, 2.05) is 6.07 Å². The van der Waals surface area contributed by atoms with Crippen LogP contribution in [0.4, 0.5) is 18.9 Å². The molecule has 0 aliphatic heterocycles. The lowest BCUT2D eigenvalue weighted by Gasteiger charge is -2.31. The van der Waals surface area contributed by atoms with Gasteiger partial charge in [0.2, 0.25) is 0 Å². The lowest BCUT2D eigenvalue weighted by molar-refractivity contribution is -0.140. The maximum Gasteiger partial charge on any atom is 0.433 e. The number of hydrogen-bond donors (Lipinski definition) is 2. The first kappa shape index (κ1) is 22.9. The van der Waals surface area contributed by atoms with Crippen molar-refractivity contribution in [3.8, 4) is 0 Å². The van der Waals surface area contributed by atoms with Gasteiger partial charge >= 0.3 is 6.18 Å². The SMILES string of the molecule is O=C(N[C@@H]1CCC[C@H](Nc2cc(C(F)(F)F)nc3ccc(Cl)cc23)C1)c1cccc2ncsc12. The van der Waals surface area contributed by atoms with Crippen LogP contribution in [0.3, 0.4) is 0 Å². The molecule has 1 saturated carbocycles. The molecule has 2 heterocycles. The molecule has 0 spiro atoms. The molecule has 0 radical (unpaired) electrons. The van der Waals surface area contributed by atoms with E-state index in [0.29, 0.717) is 28.1 Å². The van der Waals surface area contributed by atoms with Crippen LogP contribution in [0.1, 0.15) is 41.7 Å². The third kappa shape index (κ3) is 4.67. The second-order valence-electron chi connectivity index (χ2n) is 8.40. The summed E-state index contributed by atoms with van der Waals surface area (Å²) in [4.78, 5) is 21.0. The fraction of sp³-hybridized carbons (Fsp3) is 0.292. The van der Waals surface area contributed by atoms with Crippen molar-refractivity contribution in [3.05, 3.63) is 64.3 Å². The van der Waals surface area contributed by atoms with Gasteiger partial charge in [-0.2, -0.15) is 13.2 Å². The molecule has 5 rings (SSSR count). The number of alkyl halides is 3. The molecule has 1 aliphatic carbocycles. The number of fused-ring (bicyclic) bond motifs is 2. The summed E-state index contributed by atoms with van der Waals surface area (Å²) in [7, 11) is 0. The Hall–Kier alpha value is -2.91. The van der Waals surface area contributed by atoms with Gasteiger partial charge in [-0.3, -0.25) is 4.79 Å². The van der Waals surface area contributed by atoms with Crippen molar-refractivity contribution in [2.45, 2.75) is 43.9 Å². The molecule has 10 heteroatoms. The summed E-state index contributed by atoms with van der Waals surface area (Å²) in [5, 5.41) is 7.33. The summed E-state index contributed by atoms with van der Waals surface area (Å²) in [6, 6.07) is 10.9. The van der Waals surface area contributed by atoms with Crippen molar-refractivity contribution < 1.29 is 18.0 Å². The molecule has 5 nitrogen and oxygen atoms in total. The van der Waals surface area contributed by atoms with Crippen LogP contribution in [0.15, 0.2) is 48.0 Å². The highest BCUT2D eigenvalue weighted by atomic mass is 35.5. The first-order chi connectivity index (χ1) is 16.3. The quantitative estimate of drug-likeness (QED) is 0.326. The van der Waals surface area contributed by atoms with E-state index in [-0.39, 0.29) is 23.5 Å². The Morgan fingerprint density at radius 1 is 1.09 bits per heavy atom. The number of carbonyl (C=O) groups excluding carboxylic acids is 1. The second-order valence-corrected chi connectivity index (χ2v) is 9.69. The molecule has 1 aliphatic rings. The Morgan fingerprint density at radius 2 is 1.91 bits per heavy atom. The standard InChI is InChI=1S/C24H20ClF3N4OS/c25-13-7-8-18-17(9-13)20(11-21(32-18)24(26,27)28)30-14-3-1-4-15(10-14)31-23(33)16-5-2-6-19-22(16)34-12-29-19/h2,5-9,11-12,14-15H,1,3-4,10H2,(H,30,32)(H,31,33)/t14-,15+/m0/s1. The number of anilines is 1. The number of halogens is 4. The monoisotopic (exact) mass is 504 g/mol. The number of nitrogens with one attached hydrogen (secondary N) is 2. The zero-order valence-corrected chi connectivity index (χ0v) is 19.4. The third-order valence-corrected chi connectivity index (χ3v) is 7.14. The number of nitrogens with zero attached hydrogens (tertiary/aromatic N) is 2. The molecule has 4 aromatic rings. The first-order valence-electron chi connectivity index (χ1n) is 10.8. The normalized spacial score (nSPS) is 18.8. The summed E-state index contributed by atoms with van der Waals surface area (Å²) in [5.74, 6) is -0.166. The van der Waals surface area contributed by atoms with E-state index in [1.165, 1.54) is 23.5 Å². The minimum absolute atomic E-state index is 0.0966. The van der Waals surface area contributed by atoms with Crippen molar-refractivity contribution in [1.82, 2.24) is 15.3 Å². The molecule has 2 aromatic heterocycles. The van der Waals surface area contributed by atoms with Gasteiger partial charge in [-0.15, -0.1) is 11.3 Å². The molecular formula is C24H20ClF3N4OS. The Balaban J connectivity index is 1.36. The summed E-state index contributed by atoms with van der Waals surface area (Å²) in [6.07, 6.45) is -1.55. The van der Waals surface area contributed by atoms with Gasteiger partial charge in [0.15, 0.2) is 0 Å². The van der Waals surface area contributed by atoms with Gasteiger partial charge in [0.1, 0.15) is 5.69 Å². The maximum absolute atomic E-state index is 13.4. The largest absolute Gasteiger partial charge is 0.433 e. The van der Waals surface area contributed by atoms with Gasteiger partial charge in [0.05, 0.1) is 26.8 Å². The van der Waals surface area contributed by atoms with Crippen molar-refractivity contribution in [3.63, 3.8) is 0 Å². The molecule has 0 unspecified atom stereocenters. The zero-order chi connectivity index (χ0) is 23.9. The number of carbonyl (C=O) groups is 1. The number of aromatic nitrogens is 2. The highest BCUT2D eigenvalue weighted by molar-refractivity contribution is 7.17. The molecular weight excluding hydrogens is 485 g/mol. The van der Waals surface area contributed by atoms with Crippen LogP contribution in [0.5, 0.6) is 0 Å². The Kier molecular flexibility index (Phi) is 6.07.